The molecule has 0 N–H and O–H groups in total. The number of thioether (sulfide) groups is 1. The van der Waals surface area contributed by atoms with Gasteiger partial charge in [0.25, 0.3) is 0 Å². The lowest BCUT2D eigenvalue weighted by atomic mass is 10.7. The van der Waals surface area contributed by atoms with Crippen molar-refractivity contribution in [2.45, 2.75) is 24.0 Å². The van der Waals surface area contributed by atoms with Gasteiger partial charge in [-0.2, -0.15) is 0 Å². The van der Waals surface area contributed by atoms with Crippen LogP contribution in [0.25, 0.3) is 0 Å². The first-order valence-corrected chi connectivity index (χ1v) is 5.79. The fourth-order valence-electron chi connectivity index (χ4n) is 0.972. The van der Waals surface area contributed by atoms with E-state index in [9.17, 15) is 0 Å². The van der Waals surface area contributed by atoms with Gasteiger partial charge in [-0.25, -0.2) is 4.68 Å². The molecule has 0 atom stereocenters. The maximum atomic E-state index is 3.95. The maximum absolute atomic E-state index is 3.95. The van der Waals surface area contributed by atoms with Crippen molar-refractivity contribution >= 4 is 27.7 Å². The first kappa shape index (κ1) is 9.21. The van der Waals surface area contributed by atoms with Gasteiger partial charge in [0.05, 0.1) is 6.04 Å². The minimum Gasteiger partial charge on any atom is -0.217 e. The van der Waals surface area contributed by atoms with Crippen LogP contribution in [0.4, 0.5) is 0 Å². The van der Waals surface area contributed by atoms with Gasteiger partial charge in [-0.3, -0.25) is 0 Å². The average molecular weight is 261 g/mol. The third-order valence-corrected chi connectivity index (χ3v) is 3.38. The van der Waals surface area contributed by atoms with Crippen LogP contribution >= 0.6 is 27.7 Å². The number of halogens is 1. The van der Waals surface area contributed by atoms with E-state index in [4.69, 9.17) is 0 Å². The predicted molar refractivity (Wildman–Crippen MR) is 54.9 cm³/mol. The summed E-state index contributed by atoms with van der Waals surface area (Å²) in [6.45, 7) is 3.76. The Balaban J connectivity index is 2.02. The van der Waals surface area contributed by atoms with Gasteiger partial charge in [0.2, 0.25) is 5.16 Å². The summed E-state index contributed by atoms with van der Waals surface area (Å²) >= 11 is 4.91. The van der Waals surface area contributed by atoms with E-state index in [-0.39, 0.29) is 0 Å². The Labute approximate surface area is 88.9 Å². The Morgan fingerprint density at radius 1 is 1.69 bits per heavy atom. The molecule has 1 saturated carbocycles. The maximum Gasteiger partial charge on any atom is 0.209 e. The number of aromatic nitrogens is 4. The molecule has 0 radical (unpaired) electrons. The minimum absolute atomic E-state index is 0.543. The second-order valence-corrected chi connectivity index (χ2v) is 5.01. The molecular weight excluding hydrogens is 252 g/mol. The standard InChI is InChI=1S/C7H9BrN4S/c1-5(8)4-13-7-9-10-11-12(7)6-2-3-6/h6H,1-4H2. The molecule has 1 aliphatic carbocycles. The van der Waals surface area contributed by atoms with Crippen molar-refractivity contribution in [3.05, 3.63) is 11.1 Å². The third kappa shape index (κ3) is 2.31. The SMILES string of the molecule is C=C(Br)CSc1nnnn1C1CC1. The van der Waals surface area contributed by atoms with E-state index in [0.717, 1.165) is 15.4 Å². The van der Waals surface area contributed by atoms with Crippen LogP contribution in [0.1, 0.15) is 18.9 Å². The van der Waals surface area contributed by atoms with Gasteiger partial charge in [0.1, 0.15) is 0 Å². The van der Waals surface area contributed by atoms with Crippen LogP contribution in [0.3, 0.4) is 0 Å². The summed E-state index contributed by atoms with van der Waals surface area (Å²) in [5.74, 6) is 0.813. The zero-order valence-electron chi connectivity index (χ0n) is 6.98. The summed E-state index contributed by atoms with van der Waals surface area (Å²) in [6, 6.07) is 0.543. The highest BCUT2D eigenvalue weighted by Crippen LogP contribution is 2.36. The van der Waals surface area contributed by atoms with E-state index in [2.05, 4.69) is 38.0 Å². The number of nitrogens with zero attached hydrogens (tertiary/aromatic N) is 4. The van der Waals surface area contributed by atoms with Gasteiger partial charge < -0.3 is 0 Å². The van der Waals surface area contributed by atoms with Gasteiger partial charge in [0, 0.05) is 5.75 Å². The fraction of sp³-hybridized carbons (Fsp3) is 0.571. The largest absolute Gasteiger partial charge is 0.217 e. The van der Waals surface area contributed by atoms with Crippen molar-refractivity contribution in [3.8, 4) is 0 Å². The topological polar surface area (TPSA) is 43.6 Å². The lowest BCUT2D eigenvalue weighted by Gasteiger charge is -2.00. The number of hydrogen-bond donors (Lipinski definition) is 0. The molecule has 6 heteroatoms. The van der Waals surface area contributed by atoms with Crippen LogP contribution in [0.2, 0.25) is 0 Å². The molecule has 0 aliphatic heterocycles. The van der Waals surface area contributed by atoms with Crippen LogP contribution in [-0.2, 0) is 0 Å². The molecular formula is C7H9BrN4S. The Hall–Kier alpha value is -0.360. The molecule has 1 fully saturated rings. The van der Waals surface area contributed by atoms with Crippen molar-refractivity contribution in [1.29, 1.82) is 0 Å². The van der Waals surface area contributed by atoms with Gasteiger partial charge in [0.15, 0.2) is 0 Å². The summed E-state index contributed by atoms with van der Waals surface area (Å²) in [7, 11) is 0. The lowest BCUT2D eigenvalue weighted by molar-refractivity contribution is 0.565. The highest BCUT2D eigenvalue weighted by molar-refractivity contribution is 9.11. The number of hydrogen-bond acceptors (Lipinski definition) is 4. The van der Waals surface area contributed by atoms with Crippen LogP contribution in [0, 0.1) is 0 Å². The quantitative estimate of drug-likeness (QED) is 0.777. The van der Waals surface area contributed by atoms with E-state index in [1.165, 1.54) is 12.8 Å². The molecule has 1 aromatic heterocycles. The monoisotopic (exact) mass is 260 g/mol. The van der Waals surface area contributed by atoms with Crippen LogP contribution in [0.5, 0.6) is 0 Å². The molecule has 0 spiro atoms. The molecule has 70 valence electrons. The summed E-state index contributed by atoms with van der Waals surface area (Å²) < 4.78 is 2.86. The van der Waals surface area contributed by atoms with Gasteiger partial charge in [-0.1, -0.05) is 34.3 Å². The van der Waals surface area contributed by atoms with E-state index in [1.807, 2.05) is 4.68 Å². The summed E-state index contributed by atoms with van der Waals surface area (Å²) in [5.41, 5.74) is 0. The molecule has 4 nitrogen and oxygen atoms in total. The minimum atomic E-state index is 0.543. The number of rotatable bonds is 4. The molecule has 1 aromatic rings. The average Bonchev–Trinajstić information content (AvgIpc) is 2.82. The van der Waals surface area contributed by atoms with Crippen LogP contribution in [0.15, 0.2) is 16.2 Å². The van der Waals surface area contributed by atoms with Gasteiger partial charge in [-0.15, -0.1) is 5.10 Å². The smallest absolute Gasteiger partial charge is 0.209 e. The van der Waals surface area contributed by atoms with Crippen molar-refractivity contribution in [1.82, 2.24) is 20.2 Å². The molecule has 0 saturated heterocycles. The summed E-state index contributed by atoms with van der Waals surface area (Å²) in [5, 5.41) is 12.4. The zero-order valence-corrected chi connectivity index (χ0v) is 9.38. The lowest BCUT2D eigenvalue weighted by Crippen LogP contribution is -1.98. The van der Waals surface area contributed by atoms with E-state index in [0.29, 0.717) is 6.04 Å². The van der Waals surface area contributed by atoms with Crippen molar-refractivity contribution in [2.75, 3.05) is 5.75 Å². The molecule has 0 aromatic carbocycles. The summed E-state index contributed by atoms with van der Waals surface area (Å²) in [6.07, 6.45) is 2.40. The number of tetrazole rings is 1. The normalized spacial score (nSPS) is 16.1. The van der Waals surface area contributed by atoms with E-state index in [1.54, 1.807) is 11.8 Å². The Morgan fingerprint density at radius 2 is 2.46 bits per heavy atom. The van der Waals surface area contributed by atoms with Gasteiger partial charge in [-0.05, 0) is 27.8 Å². The van der Waals surface area contributed by atoms with Crippen molar-refractivity contribution in [3.63, 3.8) is 0 Å². The highest BCUT2D eigenvalue weighted by Gasteiger charge is 2.27. The molecule has 2 rings (SSSR count). The third-order valence-electron chi connectivity index (χ3n) is 1.71. The Bertz CT molecular complexity index is 320. The molecule has 0 unspecified atom stereocenters. The van der Waals surface area contributed by atoms with E-state index < -0.39 is 0 Å². The fourth-order valence-corrected chi connectivity index (χ4v) is 2.01. The first-order chi connectivity index (χ1) is 6.27. The predicted octanol–water partition coefficient (Wildman–Crippen LogP) is 2.01. The summed E-state index contributed by atoms with van der Waals surface area (Å²) in [4.78, 5) is 0. The molecule has 0 amide bonds. The molecule has 0 bridgehead atoms. The Morgan fingerprint density at radius 3 is 3.08 bits per heavy atom. The molecule has 1 aliphatic rings. The zero-order chi connectivity index (χ0) is 9.26. The van der Waals surface area contributed by atoms with Crippen LogP contribution in [-0.4, -0.2) is 26.0 Å². The highest BCUT2D eigenvalue weighted by atomic mass is 79.9. The van der Waals surface area contributed by atoms with Crippen molar-refractivity contribution < 1.29 is 0 Å². The molecule has 13 heavy (non-hydrogen) atoms. The van der Waals surface area contributed by atoms with E-state index >= 15 is 0 Å². The molecule has 1 heterocycles. The Kier molecular flexibility index (Phi) is 2.69. The second kappa shape index (κ2) is 3.79. The van der Waals surface area contributed by atoms with Gasteiger partial charge >= 0.3 is 0 Å². The van der Waals surface area contributed by atoms with Crippen LogP contribution < -0.4 is 0 Å². The second-order valence-electron chi connectivity index (χ2n) is 2.94. The van der Waals surface area contributed by atoms with Crippen molar-refractivity contribution in [2.24, 2.45) is 0 Å². The first-order valence-electron chi connectivity index (χ1n) is 4.01.